The van der Waals surface area contributed by atoms with Gasteiger partial charge in [0.2, 0.25) is 0 Å². The predicted molar refractivity (Wildman–Crippen MR) is 83.5 cm³/mol. The quantitative estimate of drug-likeness (QED) is 0.430. The molecule has 2 aromatic rings. The minimum atomic E-state index is -0.231. The van der Waals surface area contributed by atoms with Gasteiger partial charge in [0.15, 0.2) is 0 Å². The van der Waals surface area contributed by atoms with Crippen LogP contribution in [0.25, 0.3) is 0 Å². The summed E-state index contributed by atoms with van der Waals surface area (Å²) in [6, 6.07) is 18.2. The molecule has 0 amide bonds. The first kappa shape index (κ1) is 20.2. The van der Waals surface area contributed by atoms with Crippen LogP contribution in [0.15, 0.2) is 54.6 Å². The van der Waals surface area contributed by atoms with Gasteiger partial charge in [-0.3, -0.25) is 4.52 Å². The molecule has 5 heteroatoms. The first-order valence-corrected chi connectivity index (χ1v) is 7.44. The van der Waals surface area contributed by atoms with Crippen molar-refractivity contribution in [1.82, 2.24) is 4.90 Å². The van der Waals surface area contributed by atoms with Crippen LogP contribution in [0, 0.1) is 0 Å². The molecule has 0 aliphatic carbocycles. The predicted octanol–water partition coefficient (Wildman–Crippen LogP) is 4.07. The number of hydrogen-bond donors (Lipinski definition) is 0. The zero-order valence-electron chi connectivity index (χ0n) is 12.5. The van der Waals surface area contributed by atoms with Gasteiger partial charge in [0.25, 0.3) is 0 Å². The average Bonchev–Trinajstić information content (AvgIpc) is 3.14. The van der Waals surface area contributed by atoms with Crippen LogP contribution in [-0.2, 0) is 26.2 Å². The summed E-state index contributed by atoms with van der Waals surface area (Å²) in [5, 5.41) is 0. The molecular weight excluding hydrogens is 325 g/mol. The van der Waals surface area contributed by atoms with Crippen LogP contribution in [0.5, 0.6) is 0 Å². The van der Waals surface area contributed by atoms with E-state index in [4.69, 9.17) is 4.52 Å². The van der Waals surface area contributed by atoms with E-state index in [0.717, 1.165) is 13.0 Å². The van der Waals surface area contributed by atoms with Gasteiger partial charge < -0.3 is 4.90 Å². The van der Waals surface area contributed by atoms with Crippen LogP contribution in [0.3, 0.4) is 0 Å². The Kier molecular flexibility index (Phi) is 12.5. The third kappa shape index (κ3) is 9.73. The van der Waals surface area contributed by atoms with Crippen molar-refractivity contribution in [1.29, 1.82) is 0 Å². The molecule has 21 heavy (non-hydrogen) atoms. The Bertz CT molecular complexity index is 412. The number of hydrogen-bond acceptors (Lipinski definition) is 3. The molecule has 3 nitrogen and oxygen atoms in total. The van der Waals surface area contributed by atoms with Crippen molar-refractivity contribution in [3.63, 3.8) is 0 Å². The van der Waals surface area contributed by atoms with Crippen molar-refractivity contribution >= 4 is 8.69 Å². The van der Waals surface area contributed by atoms with E-state index < -0.39 is 0 Å². The normalized spacial score (nSPS) is 11.6. The van der Waals surface area contributed by atoms with Gasteiger partial charge in [-0.2, -0.15) is 35.9 Å². The fourth-order valence-electron chi connectivity index (χ4n) is 1.86. The second-order valence-electron chi connectivity index (χ2n) is 4.84. The van der Waals surface area contributed by atoms with Gasteiger partial charge in [-0.25, -0.2) is 28.8 Å². The number of rotatable bonds is 7. The molecule has 116 valence electrons. The topological polar surface area (TPSA) is 29.5 Å². The summed E-state index contributed by atoms with van der Waals surface area (Å²) in [5.41, 5.74) is 1.26. The summed E-state index contributed by atoms with van der Waals surface area (Å²) in [7, 11) is 3.87. The zero-order chi connectivity index (χ0) is 14.6. The van der Waals surface area contributed by atoms with E-state index in [1.807, 2.05) is 42.5 Å². The molecule has 0 radical (unpaired) electrons. The largest absolute Gasteiger partial charge is 2.00 e. The molecule has 0 saturated heterocycles. The van der Waals surface area contributed by atoms with Crippen molar-refractivity contribution in [2.45, 2.75) is 12.3 Å². The molecule has 0 spiro atoms. The molecule has 1 unspecified atom stereocenters. The van der Waals surface area contributed by atoms with Crippen LogP contribution in [0.2, 0.25) is 0 Å². The summed E-state index contributed by atoms with van der Waals surface area (Å²) < 4.78 is 15.2. The van der Waals surface area contributed by atoms with Gasteiger partial charge in [0.1, 0.15) is 0 Å². The van der Waals surface area contributed by atoms with Gasteiger partial charge in [0.05, 0.1) is 6.61 Å². The van der Waals surface area contributed by atoms with Gasteiger partial charge in [-0.05, 0) is 33.0 Å². The molecule has 2 aromatic carbocycles. The Morgan fingerprint density at radius 1 is 1.19 bits per heavy atom. The van der Waals surface area contributed by atoms with Crippen molar-refractivity contribution in [3.05, 3.63) is 60.2 Å². The summed E-state index contributed by atoms with van der Waals surface area (Å²) in [6.07, 6.45) is 1.02. The minimum Gasteiger partial charge on any atom is -0.309 e. The van der Waals surface area contributed by atoms with Crippen molar-refractivity contribution in [2.75, 3.05) is 27.2 Å². The van der Waals surface area contributed by atoms with Crippen molar-refractivity contribution in [2.24, 2.45) is 0 Å². The van der Waals surface area contributed by atoms with E-state index in [0.29, 0.717) is 12.5 Å². The van der Waals surface area contributed by atoms with E-state index >= 15 is 0 Å². The van der Waals surface area contributed by atoms with Crippen LogP contribution in [0.1, 0.15) is 17.9 Å². The third-order valence-electron chi connectivity index (χ3n) is 2.97. The molecular formula is C16H22FeNO2P. The van der Waals surface area contributed by atoms with Gasteiger partial charge in [-0.1, -0.05) is 0 Å². The summed E-state index contributed by atoms with van der Waals surface area (Å²) in [6.45, 7) is 1.53. The first-order valence-electron chi connectivity index (χ1n) is 6.71. The Morgan fingerprint density at radius 2 is 1.81 bits per heavy atom. The van der Waals surface area contributed by atoms with Crippen LogP contribution in [0.4, 0.5) is 0 Å². The van der Waals surface area contributed by atoms with Gasteiger partial charge in [0, 0.05) is 0 Å². The smallest absolute Gasteiger partial charge is 0.309 e. The van der Waals surface area contributed by atoms with E-state index in [9.17, 15) is 4.57 Å². The molecule has 2 rings (SSSR count). The molecule has 0 saturated carbocycles. The van der Waals surface area contributed by atoms with Crippen LogP contribution >= 0.6 is 8.69 Å². The first-order chi connectivity index (χ1) is 9.74. The van der Waals surface area contributed by atoms with Gasteiger partial charge in [-0.15, -0.1) is 0 Å². The second kappa shape index (κ2) is 12.9. The van der Waals surface area contributed by atoms with Crippen molar-refractivity contribution < 1.29 is 26.2 Å². The minimum absolute atomic E-state index is 0. The molecule has 0 aliphatic rings. The standard InChI is InChI=1S/C11H17NO2P.C5H5.Fe/c1-12(2)8-7-11(9-14-15-13)10-5-3-4-6-10;1-2-4-5-3-1;/h3-6,11H,7-9H2,1-2H3;1-5H;/q2*-1;+2. The molecule has 0 N–H and O–H groups in total. The maximum atomic E-state index is 10.3. The van der Waals surface area contributed by atoms with Gasteiger partial charge >= 0.3 is 25.8 Å². The zero-order valence-corrected chi connectivity index (χ0v) is 14.5. The summed E-state index contributed by atoms with van der Waals surface area (Å²) in [4.78, 5) is 2.14. The van der Waals surface area contributed by atoms with E-state index in [2.05, 4.69) is 31.1 Å². The second-order valence-corrected chi connectivity index (χ2v) is 5.25. The Balaban J connectivity index is 0.000000562. The van der Waals surface area contributed by atoms with Crippen molar-refractivity contribution in [3.8, 4) is 0 Å². The summed E-state index contributed by atoms with van der Waals surface area (Å²) >= 11 is 0. The van der Waals surface area contributed by atoms with E-state index in [1.165, 1.54) is 5.56 Å². The molecule has 0 heterocycles. The fourth-order valence-corrected chi connectivity index (χ4v) is 2.10. The summed E-state index contributed by atoms with van der Waals surface area (Å²) in [5.74, 6) is 0.337. The van der Waals surface area contributed by atoms with E-state index in [-0.39, 0.29) is 25.8 Å². The number of nitrogens with zero attached hydrogens (tertiary/aromatic N) is 1. The fraction of sp³-hybridized carbons (Fsp3) is 0.375. The monoisotopic (exact) mass is 347 g/mol. The molecule has 0 bridgehead atoms. The maximum Gasteiger partial charge on any atom is 2.00 e. The Morgan fingerprint density at radius 3 is 2.24 bits per heavy atom. The van der Waals surface area contributed by atoms with E-state index in [1.54, 1.807) is 0 Å². The SMILES string of the molecule is CN(C)CCC(COP=O)[c-]1cccc1.[Fe+2].c1cc[cH-]c1. The molecule has 0 fully saturated rings. The molecule has 0 aromatic heterocycles. The molecule has 0 aliphatic heterocycles. The van der Waals surface area contributed by atoms with Crippen LogP contribution in [-0.4, -0.2) is 32.1 Å². The molecule has 1 atom stereocenters. The Hall–Kier alpha value is -0.761. The maximum absolute atomic E-state index is 10.3. The van der Waals surface area contributed by atoms with Crippen LogP contribution < -0.4 is 0 Å². The third-order valence-corrected chi connectivity index (χ3v) is 3.22. The average molecular weight is 347 g/mol. The Labute approximate surface area is 139 Å².